The lowest BCUT2D eigenvalue weighted by molar-refractivity contribution is -0.280. The van der Waals surface area contributed by atoms with Gasteiger partial charge in [0.2, 0.25) is 17.7 Å². The zero-order valence-corrected chi connectivity index (χ0v) is 48.0. The molecule has 1 spiro atoms. The number of phenols is 1. The Kier molecular flexibility index (Phi) is 22.1. The molecule has 3 saturated heterocycles. The summed E-state index contributed by atoms with van der Waals surface area (Å²) in [6.07, 6.45) is 16.7. The molecule has 17 heteroatoms. The van der Waals surface area contributed by atoms with E-state index < -0.39 is 95.5 Å². The quantitative estimate of drug-likeness (QED) is 0.0591. The van der Waals surface area contributed by atoms with Crippen molar-refractivity contribution in [2.75, 3.05) is 13.7 Å². The fourth-order valence-electron chi connectivity index (χ4n) is 11.6. The van der Waals surface area contributed by atoms with Gasteiger partial charge in [-0.3, -0.25) is 29.0 Å². The van der Waals surface area contributed by atoms with Crippen LogP contribution in [0.5, 0.6) is 5.75 Å². The Labute approximate surface area is 463 Å². The molecular weight excluding hydrogens is 995 g/mol. The second-order valence-electron chi connectivity index (χ2n) is 23.4. The van der Waals surface area contributed by atoms with Gasteiger partial charge in [-0.05, 0) is 106 Å². The summed E-state index contributed by atoms with van der Waals surface area (Å²) in [7, 11) is 1.53. The SMILES string of the molecule is CC[C@H]1C[C@H](C)[C@@]2(NC1=O)O[C@@H](C[C@H](O)[C@@H](C)CC/C=C/C=C(\C)[C@@H]1C/C=C\C=C/[C@H](O)[C@H](C)[C@H]3O[C@](C)(OC)CC[C@H]3C(=O)N[C@@H](C(C)C)C(=O)N[C@@H](Cc3cccc(O)c3)C(=O)N3CCC[C@H](N3)C(=O)O1)[C@H](C)C=C2C. The fraction of sp³-hybridized carbons (Fsp3) is 0.656. The Hall–Kier alpha value is -5.17. The Balaban J connectivity index is 1.20. The minimum Gasteiger partial charge on any atom is -0.508 e. The minimum atomic E-state index is -1.16. The molecule has 0 unspecified atom stereocenters. The van der Waals surface area contributed by atoms with Gasteiger partial charge in [-0.1, -0.05) is 109 Å². The molecule has 5 heterocycles. The van der Waals surface area contributed by atoms with E-state index in [-0.39, 0.29) is 60.8 Å². The molecule has 16 atom stereocenters. The smallest absolute Gasteiger partial charge is 0.325 e. The summed E-state index contributed by atoms with van der Waals surface area (Å²) in [6.45, 7) is 19.6. The number of carbonyl (C=O) groups is 5. The first-order valence-electron chi connectivity index (χ1n) is 28.6. The van der Waals surface area contributed by atoms with Gasteiger partial charge < -0.3 is 50.2 Å². The van der Waals surface area contributed by atoms with Crippen molar-refractivity contribution in [2.24, 2.45) is 41.4 Å². The molecular formula is C61H91N5O12. The Bertz CT molecular complexity index is 2400. The number of hydrazine groups is 1. The molecule has 6 rings (SSSR count). The standard InChI is InChI=1S/C61H91N5O12/c1-12-44-32-41(8)61(64-55(44)70)40(7)31-39(6)52(77-61)35-50(69)37(4)21-15-13-16-22-38(5)51-27-18-14-17-26-49(68)42(9)54-46(28-29-60(10,75-11)78-54)56(71)63-53(36(2)3)57(72)62-48(34-43-23-19-24-45(67)33-43)58(73)66-30-20-25-47(65-66)59(74)76-51/h13-14,16-19,22-24,26,31,33,36-37,39,41-42,44,46-54,65,67-69H,12,15,20-21,25,27-30,32,34-35H2,1-11H3,(H,62,72)(H,63,71)(H,64,70)/b16-13+,18-14-,26-17-,38-22+/t37-,39+,41-,42-,44-,46+,47-,48-,49-,50-,51-,52-,53-,54+,60-,61-/m0/s1. The lowest BCUT2D eigenvalue weighted by atomic mass is 9.75. The van der Waals surface area contributed by atoms with E-state index in [2.05, 4.69) is 41.3 Å². The molecule has 17 nitrogen and oxygen atoms in total. The minimum absolute atomic E-state index is 0.00123. The summed E-state index contributed by atoms with van der Waals surface area (Å²) in [5.41, 5.74) is 4.58. The maximum Gasteiger partial charge on any atom is 0.325 e. The number of cyclic esters (lactones) is 1. The number of ether oxygens (including phenoxy) is 4. The first kappa shape index (κ1) is 62.0. The van der Waals surface area contributed by atoms with Crippen LogP contribution >= 0.6 is 0 Å². The molecule has 0 aromatic heterocycles. The van der Waals surface area contributed by atoms with Crippen molar-refractivity contribution in [2.45, 2.75) is 200 Å². The van der Waals surface area contributed by atoms with Gasteiger partial charge in [0.05, 0.1) is 30.3 Å². The number of piperidine rings is 1. The molecule has 432 valence electrons. The number of hydrogen-bond acceptors (Lipinski definition) is 13. The number of benzene rings is 1. The first-order chi connectivity index (χ1) is 37.0. The summed E-state index contributed by atoms with van der Waals surface area (Å²) in [5, 5.41) is 43.8. The predicted octanol–water partition coefficient (Wildman–Crippen LogP) is 7.17. The Morgan fingerprint density at radius 1 is 1.01 bits per heavy atom. The van der Waals surface area contributed by atoms with Crippen molar-refractivity contribution >= 4 is 29.6 Å². The fourth-order valence-corrected chi connectivity index (χ4v) is 11.6. The third kappa shape index (κ3) is 15.6. The van der Waals surface area contributed by atoms with E-state index in [1.54, 1.807) is 58.1 Å². The van der Waals surface area contributed by atoms with Crippen LogP contribution in [0.3, 0.4) is 0 Å². The topological polar surface area (TPSA) is 234 Å². The van der Waals surface area contributed by atoms with Gasteiger partial charge >= 0.3 is 5.97 Å². The highest BCUT2D eigenvalue weighted by Crippen LogP contribution is 2.43. The first-order valence-corrected chi connectivity index (χ1v) is 28.6. The molecule has 78 heavy (non-hydrogen) atoms. The number of aliphatic hydroxyl groups is 2. The van der Waals surface area contributed by atoms with Crippen molar-refractivity contribution < 1.29 is 58.2 Å². The number of fused-ring (bicyclic) bond motifs is 3. The predicted molar refractivity (Wildman–Crippen MR) is 297 cm³/mol. The molecule has 2 bridgehead atoms. The zero-order valence-electron chi connectivity index (χ0n) is 48.0. The van der Waals surface area contributed by atoms with Gasteiger partial charge in [-0.2, -0.15) is 0 Å². The number of phenolic OH excluding ortho intramolecular Hbond substituents is 1. The van der Waals surface area contributed by atoms with Crippen LogP contribution in [0.15, 0.2) is 84.0 Å². The third-order valence-corrected chi connectivity index (χ3v) is 17.1. The second kappa shape index (κ2) is 27.8. The number of allylic oxidation sites excluding steroid dienone is 5. The van der Waals surface area contributed by atoms with Crippen LogP contribution < -0.4 is 21.4 Å². The van der Waals surface area contributed by atoms with Crippen molar-refractivity contribution in [3.8, 4) is 5.75 Å². The normalized spacial score (nSPS) is 35.8. The maximum absolute atomic E-state index is 14.6. The molecule has 3 fully saturated rings. The number of esters is 1. The number of hydrogen-bond donors (Lipinski definition) is 7. The monoisotopic (exact) mass is 1090 g/mol. The van der Waals surface area contributed by atoms with E-state index in [4.69, 9.17) is 18.9 Å². The molecule has 5 aliphatic heterocycles. The number of aromatic hydroxyl groups is 1. The molecule has 0 aliphatic carbocycles. The molecule has 0 radical (unpaired) electrons. The molecule has 7 N–H and O–H groups in total. The summed E-state index contributed by atoms with van der Waals surface area (Å²) >= 11 is 0. The van der Waals surface area contributed by atoms with Gasteiger partial charge in [0.15, 0.2) is 11.5 Å². The number of nitrogens with zero attached hydrogens (tertiary/aromatic N) is 1. The van der Waals surface area contributed by atoms with Crippen LogP contribution in [0.25, 0.3) is 0 Å². The van der Waals surface area contributed by atoms with E-state index in [0.717, 1.165) is 24.0 Å². The second-order valence-corrected chi connectivity index (χ2v) is 23.4. The Morgan fingerprint density at radius 3 is 2.47 bits per heavy atom. The number of amides is 4. The lowest BCUT2D eigenvalue weighted by Crippen LogP contribution is -2.64. The van der Waals surface area contributed by atoms with Crippen molar-refractivity contribution in [3.63, 3.8) is 0 Å². The van der Waals surface area contributed by atoms with Gasteiger partial charge in [0.25, 0.3) is 5.91 Å². The lowest BCUT2D eigenvalue weighted by Gasteiger charge is -2.51. The molecule has 1 aromatic rings. The van der Waals surface area contributed by atoms with Gasteiger partial charge in [0, 0.05) is 63.0 Å². The highest BCUT2D eigenvalue weighted by Gasteiger charge is 2.51. The van der Waals surface area contributed by atoms with Crippen LogP contribution in [0, 0.1) is 41.4 Å². The summed E-state index contributed by atoms with van der Waals surface area (Å²) in [4.78, 5) is 70.5. The number of carbonyl (C=O) groups excluding carboxylic acids is 5. The van der Waals surface area contributed by atoms with E-state index in [1.807, 2.05) is 52.0 Å². The van der Waals surface area contributed by atoms with Gasteiger partial charge in [0.1, 0.15) is 30.0 Å². The van der Waals surface area contributed by atoms with Crippen molar-refractivity contribution in [1.29, 1.82) is 0 Å². The van der Waals surface area contributed by atoms with Crippen LogP contribution in [0.4, 0.5) is 0 Å². The number of aliphatic hydroxyl groups excluding tert-OH is 2. The van der Waals surface area contributed by atoms with E-state index in [0.29, 0.717) is 50.5 Å². The highest BCUT2D eigenvalue weighted by atomic mass is 16.7. The molecule has 4 amide bonds. The van der Waals surface area contributed by atoms with Gasteiger partial charge in [-0.15, -0.1) is 0 Å². The summed E-state index contributed by atoms with van der Waals surface area (Å²) < 4.78 is 25.2. The van der Waals surface area contributed by atoms with Crippen molar-refractivity contribution in [1.82, 2.24) is 26.4 Å². The number of methoxy groups -OCH3 is 1. The summed E-state index contributed by atoms with van der Waals surface area (Å²) in [6, 6.07) is 3.30. The average Bonchev–Trinajstić information content (AvgIpc) is 3.41. The molecule has 1 aromatic carbocycles. The molecule has 0 saturated carbocycles. The van der Waals surface area contributed by atoms with E-state index in [9.17, 15) is 39.3 Å². The number of rotatable bonds is 13. The number of nitrogens with one attached hydrogen (secondary N) is 4. The third-order valence-electron chi connectivity index (χ3n) is 17.1. The highest BCUT2D eigenvalue weighted by molar-refractivity contribution is 5.93. The van der Waals surface area contributed by atoms with Crippen LogP contribution in [0.2, 0.25) is 0 Å². The van der Waals surface area contributed by atoms with Crippen LogP contribution in [-0.4, -0.2) is 124 Å². The van der Waals surface area contributed by atoms with Crippen molar-refractivity contribution in [3.05, 3.63) is 89.6 Å². The van der Waals surface area contributed by atoms with E-state index >= 15 is 0 Å². The largest absolute Gasteiger partial charge is 0.508 e. The maximum atomic E-state index is 14.6. The van der Waals surface area contributed by atoms with E-state index in [1.165, 1.54) is 24.3 Å². The Morgan fingerprint density at radius 2 is 1.77 bits per heavy atom. The van der Waals surface area contributed by atoms with Crippen LogP contribution in [0.1, 0.15) is 139 Å². The average molecular weight is 1090 g/mol. The van der Waals surface area contributed by atoms with Gasteiger partial charge in [-0.25, -0.2) is 5.43 Å². The van der Waals surface area contributed by atoms with Crippen LogP contribution in [-0.2, 0) is 49.3 Å². The zero-order chi connectivity index (χ0) is 57.1. The molecule has 5 aliphatic rings. The summed E-state index contributed by atoms with van der Waals surface area (Å²) in [5.74, 6) is -4.79.